The van der Waals surface area contributed by atoms with Crippen LogP contribution in [0, 0.1) is 13.8 Å². The van der Waals surface area contributed by atoms with Crippen LogP contribution in [0.5, 0.6) is 0 Å². The second kappa shape index (κ2) is 7.25. The van der Waals surface area contributed by atoms with Gasteiger partial charge in [-0.25, -0.2) is 0 Å². The van der Waals surface area contributed by atoms with E-state index in [0.29, 0.717) is 5.02 Å². The van der Waals surface area contributed by atoms with Crippen molar-refractivity contribution in [3.8, 4) is 0 Å². The minimum absolute atomic E-state index is 0.686. The molecular formula is C14H12Cl4. The van der Waals surface area contributed by atoms with Crippen molar-refractivity contribution in [1.82, 2.24) is 0 Å². The molecule has 0 atom stereocenters. The van der Waals surface area contributed by atoms with Crippen molar-refractivity contribution in [3.63, 3.8) is 0 Å². The van der Waals surface area contributed by atoms with E-state index < -0.39 is 0 Å². The van der Waals surface area contributed by atoms with Crippen LogP contribution < -0.4 is 0 Å². The number of rotatable bonds is 0. The highest BCUT2D eigenvalue weighted by Crippen LogP contribution is 2.22. The first-order valence-electron chi connectivity index (χ1n) is 5.24. The lowest BCUT2D eigenvalue weighted by Gasteiger charge is -1.96. The van der Waals surface area contributed by atoms with Crippen LogP contribution in [0.3, 0.4) is 0 Å². The van der Waals surface area contributed by atoms with Gasteiger partial charge in [0.05, 0.1) is 0 Å². The zero-order chi connectivity index (χ0) is 13.7. The van der Waals surface area contributed by atoms with E-state index in [1.165, 1.54) is 0 Å². The van der Waals surface area contributed by atoms with Gasteiger partial charge in [0.1, 0.15) is 0 Å². The summed E-state index contributed by atoms with van der Waals surface area (Å²) in [6.07, 6.45) is 0. The SMILES string of the molecule is Cc1c(Cl)cccc1Cl.Cc1ccc(Cl)cc1Cl. The van der Waals surface area contributed by atoms with Gasteiger partial charge in [-0.15, -0.1) is 0 Å². The third-order valence-corrected chi connectivity index (χ3v) is 3.80. The summed E-state index contributed by atoms with van der Waals surface area (Å²) in [4.78, 5) is 0. The number of hydrogen-bond donors (Lipinski definition) is 0. The lowest BCUT2D eigenvalue weighted by molar-refractivity contribution is 1.47. The average Bonchev–Trinajstić information content (AvgIpc) is 2.32. The predicted molar refractivity (Wildman–Crippen MR) is 82.4 cm³/mol. The number of halogens is 4. The molecule has 0 unspecified atom stereocenters. The highest BCUT2D eigenvalue weighted by Gasteiger charge is 1.96. The Bertz CT molecular complexity index is 515. The normalized spacial score (nSPS) is 9.67. The lowest BCUT2D eigenvalue weighted by Crippen LogP contribution is -1.73. The highest BCUT2D eigenvalue weighted by molar-refractivity contribution is 6.36. The summed E-state index contributed by atoms with van der Waals surface area (Å²) in [6.45, 7) is 3.84. The Labute approximate surface area is 127 Å². The molecule has 0 aromatic heterocycles. The molecule has 0 radical (unpaired) electrons. The van der Waals surface area contributed by atoms with Crippen LogP contribution in [0.15, 0.2) is 36.4 Å². The quantitative estimate of drug-likeness (QED) is 0.512. The molecule has 0 nitrogen and oxygen atoms in total. The van der Waals surface area contributed by atoms with E-state index in [1.807, 2.05) is 44.2 Å². The second-order valence-electron chi connectivity index (χ2n) is 3.74. The van der Waals surface area contributed by atoms with Crippen molar-refractivity contribution in [2.24, 2.45) is 0 Å². The Hall–Kier alpha value is -0.400. The topological polar surface area (TPSA) is 0 Å². The molecule has 0 saturated carbocycles. The van der Waals surface area contributed by atoms with Gasteiger partial charge in [0.25, 0.3) is 0 Å². The smallest absolute Gasteiger partial charge is 0.0450 e. The fourth-order valence-electron chi connectivity index (χ4n) is 1.15. The summed E-state index contributed by atoms with van der Waals surface area (Å²) in [5, 5.41) is 2.86. The molecule has 0 spiro atoms. The Morgan fingerprint density at radius 1 is 0.722 bits per heavy atom. The maximum absolute atomic E-state index is 5.73. The standard InChI is InChI=1S/2C7H6Cl2/c1-5-2-3-6(8)4-7(5)9;1-5-6(8)3-2-4-7(5)9/h2*2-4H,1H3. The van der Waals surface area contributed by atoms with Gasteiger partial charge in [0.2, 0.25) is 0 Å². The fraction of sp³-hybridized carbons (Fsp3) is 0.143. The van der Waals surface area contributed by atoms with Gasteiger partial charge in [0.15, 0.2) is 0 Å². The van der Waals surface area contributed by atoms with Crippen LogP contribution in [-0.2, 0) is 0 Å². The molecule has 0 amide bonds. The number of benzene rings is 2. The fourth-order valence-corrected chi connectivity index (χ4v) is 1.95. The van der Waals surface area contributed by atoms with Gasteiger partial charge >= 0.3 is 0 Å². The lowest BCUT2D eigenvalue weighted by atomic mass is 10.2. The van der Waals surface area contributed by atoms with E-state index >= 15 is 0 Å². The molecule has 0 bridgehead atoms. The van der Waals surface area contributed by atoms with Gasteiger partial charge in [0, 0.05) is 20.1 Å². The molecule has 0 aliphatic carbocycles. The molecule has 2 aromatic carbocycles. The minimum atomic E-state index is 0.686. The second-order valence-corrected chi connectivity index (χ2v) is 5.40. The van der Waals surface area contributed by atoms with E-state index in [1.54, 1.807) is 6.07 Å². The van der Waals surface area contributed by atoms with E-state index in [-0.39, 0.29) is 0 Å². The summed E-state index contributed by atoms with van der Waals surface area (Å²) in [7, 11) is 0. The Balaban J connectivity index is 0.000000180. The van der Waals surface area contributed by atoms with E-state index in [0.717, 1.165) is 26.2 Å². The predicted octanol–water partition coefficient (Wildman–Crippen LogP) is 6.60. The summed E-state index contributed by atoms with van der Waals surface area (Å²) < 4.78 is 0. The molecule has 0 fully saturated rings. The highest BCUT2D eigenvalue weighted by atomic mass is 35.5. The largest absolute Gasteiger partial charge is 0.0843 e. The van der Waals surface area contributed by atoms with Crippen molar-refractivity contribution < 1.29 is 0 Å². The third-order valence-electron chi connectivity index (χ3n) is 2.34. The molecule has 0 aliphatic rings. The van der Waals surface area contributed by atoms with Crippen LogP contribution in [0.4, 0.5) is 0 Å². The van der Waals surface area contributed by atoms with Crippen molar-refractivity contribution in [3.05, 3.63) is 67.6 Å². The maximum Gasteiger partial charge on any atom is 0.0450 e. The molecule has 4 heteroatoms. The number of aryl methyl sites for hydroxylation is 1. The first kappa shape index (κ1) is 15.7. The summed E-state index contributed by atoms with van der Waals surface area (Å²) >= 11 is 22.8. The monoisotopic (exact) mass is 320 g/mol. The van der Waals surface area contributed by atoms with Crippen LogP contribution in [0.1, 0.15) is 11.1 Å². The molecule has 18 heavy (non-hydrogen) atoms. The van der Waals surface area contributed by atoms with E-state index in [4.69, 9.17) is 46.4 Å². The molecule has 0 aliphatic heterocycles. The molecule has 0 heterocycles. The van der Waals surface area contributed by atoms with E-state index in [9.17, 15) is 0 Å². The zero-order valence-corrected chi connectivity index (χ0v) is 13.0. The van der Waals surface area contributed by atoms with Gasteiger partial charge in [-0.2, -0.15) is 0 Å². The van der Waals surface area contributed by atoms with Crippen LogP contribution in [0.25, 0.3) is 0 Å². The molecule has 96 valence electrons. The summed E-state index contributed by atoms with van der Waals surface area (Å²) in [5.41, 5.74) is 2.00. The van der Waals surface area contributed by atoms with Gasteiger partial charge in [-0.05, 0) is 49.2 Å². The first-order chi connectivity index (χ1) is 8.41. The third kappa shape index (κ3) is 4.70. The Kier molecular flexibility index (Phi) is 6.31. The number of hydrogen-bond acceptors (Lipinski definition) is 0. The molecule has 0 saturated heterocycles. The van der Waals surface area contributed by atoms with Crippen molar-refractivity contribution in [2.45, 2.75) is 13.8 Å². The van der Waals surface area contributed by atoms with Crippen LogP contribution in [-0.4, -0.2) is 0 Å². The molecular weight excluding hydrogens is 310 g/mol. The zero-order valence-electron chi connectivity index (χ0n) is 9.98. The summed E-state index contributed by atoms with van der Waals surface area (Å²) in [6, 6.07) is 10.9. The van der Waals surface area contributed by atoms with Crippen molar-refractivity contribution in [2.75, 3.05) is 0 Å². The van der Waals surface area contributed by atoms with Crippen LogP contribution in [0.2, 0.25) is 20.1 Å². The van der Waals surface area contributed by atoms with E-state index in [2.05, 4.69) is 0 Å². The van der Waals surface area contributed by atoms with Crippen molar-refractivity contribution in [1.29, 1.82) is 0 Å². The molecule has 0 N–H and O–H groups in total. The van der Waals surface area contributed by atoms with Gasteiger partial charge < -0.3 is 0 Å². The minimum Gasteiger partial charge on any atom is -0.0843 e. The van der Waals surface area contributed by atoms with Gasteiger partial charge in [-0.3, -0.25) is 0 Å². The summed E-state index contributed by atoms with van der Waals surface area (Å²) in [5.74, 6) is 0. The first-order valence-corrected chi connectivity index (χ1v) is 6.75. The van der Waals surface area contributed by atoms with Crippen molar-refractivity contribution >= 4 is 46.4 Å². The molecule has 2 aromatic rings. The Morgan fingerprint density at radius 3 is 1.67 bits per heavy atom. The maximum atomic E-state index is 5.73. The van der Waals surface area contributed by atoms with Crippen LogP contribution >= 0.6 is 46.4 Å². The van der Waals surface area contributed by atoms with Gasteiger partial charge in [-0.1, -0.05) is 58.5 Å². The molecule has 2 rings (SSSR count). The average molecular weight is 322 g/mol. The Morgan fingerprint density at radius 2 is 1.28 bits per heavy atom.